The zero-order valence-electron chi connectivity index (χ0n) is 5.94. The van der Waals surface area contributed by atoms with Crippen LogP contribution in [0.15, 0.2) is 36.4 Å². The normalized spacial score (nSPS) is 8.36. The Balaban J connectivity index is 0. The summed E-state index contributed by atoms with van der Waals surface area (Å²) in [5, 5.41) is 0. The van der Waals surface area contributed by atoms with Crippen molar-refractivity contribution in [3.8, 4) is 0 Å². The minimum atomic E-state index is 0. The van der Waals surface area contributed by atoms with E-state index in [1.165, 1.54) is 5.56 Å². The van der Waals surface area contributed by atoms with Crippen LogP contribution in [0, 0.1) is 6.92 Å². The van der Waals surface area contributed by atoms with Crippen molar-refractivity contribution in [2.24, 2.45) is 0 Å². The Bertz CT molecular complexity index is 194. The van der Waals surface area contributed by atoms with Gasteiger partial charge in [-0.25, -0.2) is 19.1 Å². The number of hydrogen-bond acceptors (Lipinski definition) is 0. The Labute approximate surface area is 88.4 Å². The van der Waals surface area contributed by atoms with Gasteiger partial charge < -0.3 is 17.0 Å². The number of halogens is 1. The van der Waals surface area contributed by atoms with Crippen LogP contribution in [0.5, 0.6) is 0 Å². The first kappa shape index (κ1) is 13.4. The first-order valence-corrected chi connectivity index (χ1v) is 2.94. The van der Waals surface area contributed by atoms with Gasteiger partial charge in [0.2, 0.25) is 0 Å². The van der Waals surface area contributed by atoms with E-state index in [1.54, 1.807) is 6.08 Å². The first-order valence-electron chi connectivity index (χ1n) is 2.94. The molecule has 1 aromatic rings. The second-order valence-corrected chi connectivity index (χ2v) is 1.81. The summed E-state index contributed by atoms with van der Waals surface area (Å²) in [6.07, 6.45) is 3.76. The fourth-order valence-electron chi connectivity index (χ4n) is 0.700. The van der Waals surface area contributed by atoms with E-state index in [-0.39, 0.29) is 33.5 Å². The summed E-state index contributed by atoms with van der Waals surface area (Å²) in [7, 11) is 0. The van der Waals surface area contributed by atoms with E-state index in [2.05, 4.69) is 6.92 Å². The van der Waals surface area contributed by atoms with Crippen LogP contribution in [0.2, 0.25) is 0 Å². The summed E-state index contributed by atoms with van der Waals surface area (Å²) < 4.78 is 0. The molecular formula is C9H9BrNi. The quantitative estimate of drug-likeness (QED) is 0.471. The van der Waals surface area contributed by atoms with Gasteiger partial charge in [-0.15, -0.1) is 5.56 Å². The van der Waals surface area contributed by atoms with Crippen molar-refractivity contribution in [1.29, 1.82) is 0 Å². The standard InChI is InChI=1S/C9H9.BrH.Ni/c1-2-6-9-7-4-3-5-8-9;;/h2-8H,1H2;1H;/q-1;;+2/p-1/b6-2+;;. The molecule has 0 aliphatic rings. The van der Waals surface area contributed by atoms with Crippen molar-refractivity contribution in [1.82, 2.24) is 0 Å². The minimum Gasteiger partial charge on any atom is -1.00 e. The Morgan fingerprint density at radius 3 is 2.09 bits per heavy atom. The van der Waals surface area contributed by atoms with Crippen LogP contribution in [-0.2, 0) is 16.5 Å². The molecule has 0 nitrogen and oxygen atoms in total. The summed E-state index contributed by atoms with van der Waals surface area (Å²) in [6.45, 7) is 3.60. The molecule has 0 bridgehead atoms. The van der Waals surface area contributed by atoms with Crippen LogP contribution in [0.25, 0.3) is 6.08 Å². The predicted molar refractivity (Wildman–Crippen MR) is 40.8 cm³/mol. The van der Waals surface area contributed by atoms with Crippen LogP contribution < -0.4 is 17.0 Å². The topological polar surface area (TPSA) is 0 Å². The maximum Gasteiger partial charge on any atom is 2.00 e. The smallest absolute Gasteiger partial charge is 1.00 e. The second-order valence-electron chi connectivity index (χ2n) is 1.81. The summed E-state index contributed by atoms with van der Waals surface area (Å²) in [5.41, 5.74) is 1.20. The summed E-state index contributed by atoms with van der Waals surface area (Å²) in [4.78, 5) is 0. The van der Waals surface area contributed by atoms with Crippen LogP contribution in [-0.4, -0.2) is 0 Å². The molecule has 0 heterocycles. The molecule has 0 N–H and O–H groups in total. The Hall–Kier alpha value is -0.196. The van der Waals surface area contributed by atoms with E-state index in [9.17, 15) is 0 Å². The van der Waals surface area contributed by atoms with Gasteiger partial charge in [0.1, 0.15) is 0 Å². The van der Waals surface area contributed by atoms with Gasteiger partial charge in [0.25, 0.3) is 0 Å². The van der Waals surface area contributed by atoms with E-state index in [4.69, 9.17) is 0 Å². The molecule has 0 spiro atoms. The van der Waals surface area contributed by atoms with E-state index in [0.717, 1.165) is 0 Å². The van der Waals surface area contributed by atoms with Gasteiger partial charge in [-0.1, -0.05) is 30.3 Å². The minimum absolute atomic E-state index is 0. The molecule has 62 valence electrons. The Morgan fingerprint density at radius 2 is 1.64 bits per heavy atom. The zero-order valence-corrected chi connectivity index (χ0v) is 8.52. The molecule has 1 aromatic carbocycles. The first-order chi connectivity index (χ1) is 4.43. The Morgan fingerprint density at radius 1 is 1.09 bits per heavy atom. The third kappa shape index (κ3) is 5.11. The van der Waals surface area contributed by atoms with Gasteiger partial charge in [0, 0.05) is 0 Å². The molecule has 0 aliphatic carbocycles. The predicted octanol–water partition coefficient (Wildman–Crippen LogP) is -0.465. The molecule has 0 fully saturated rings. The molecule has 1 rings (SSSR count). The largest absolute Gasteiger partial charge is 2.00 e. The molecule has 0 aliphatic heterocycles. The molecule has 0 saturated heterocycles. The van der Waals surface area contributed by atoms with Crippen LogP contribution in [0.4, 0.5) is 0 Å². The molecule has 0 saturated carbocycles. The molecular weight excluding hydrogens is 247 g/mol. The fourth-order valence-corrected chi connectivity index (χ4v) is 0.700. The molecule has 0 atom stereocenters. The molecule has 11 heavy (non-hydrogen) atoms. The van der Waals surface area contributed by atoms with Gasteiger partial charge in [0.05, 0.1) is 0 Å². The maximum absolute atomic E-state index is 3.60. The second kappa shape index (κ2) is 7.91. The van der Waals surface area contributed by atoms with E-state index >= 15 is 0 Å². The molecule has 2 heteroatoms. The van der Waals surface area contributed by atoms with E-state index < -0.39 is 0 Å². The number of allylic oxidation sites excluding steroid dienone is 1. The molecule has 0 radical (unpaired) electrons. The van der Waals surface area contributed by atoms with Crippen molar-refractivity contribution in [2.45, 2.75) is 0 Å². The summed E-state index contributed by atoms with van der Waals surface area (Å²) in [5.74, 6) is 0. The average Bonchev–Trinajstić information content (AvgIpc) is 1.91. The third-order valence-electron chi connectivity index (χ3n) is 1.11. The van der Waals surface area contributed by atoms with Crippen LogP contribution in [0.3, 0.4) is 0 Å². The SMILES string of the molecule is [Br-].[CH2-]/C=C/c1ccccc1.[Ni+2]. The van der Waals surface area contributed by atoms with Gasteiger partial charge in [-0.3, -0.25) is 0 Å². The van der Waals surface area contributed by atoms with Gasteiger partial charge >= 0.3 is 16.5 Å². The number of benzene rings is 1. The average molecular weight is 256 g/mol. The van der Waals surface area contributed by atoms with E-state index in [1.807, 2.05) is 36.4 Å². The van der Waals surface area contributed by atoms with Crippen molar-refractivity contribution in [3.63, 3.8) is 0 Å². The number of rotatable bonds is 1. The van der Waals surface area contributed by atoms with Crippen molar-refractivity contribution in [2.75, 3.05) is 0 Å². The zero-order chi connectivity index (χ0) is 6.53. The number of hydrogen-bond donors (Lipinski definition) is 0. The van der Waals surface area contributed by atoms with Gasteiger partial charge in [-0.2, -0.15) is 0 Å². The van der Waals surface area contributed by atoms with Gasteiger partial charge in [-0.05, 0) is 0 Å². The molecule has 0 aromatic heterocycles. The molecule has 0 amide bonds. The van der Waals surface area contributed by atoms with Crippen LogP contribution >= 0.6 is 0 Å². The Kier molecular flexibility index (Phi) is 9.63. The fraction of sp³-hybridized carbons (Fsp3) is 0. The van der Waals surface area contributed by atoms with Crippen molar-refractivity contribution < 1.29 is 33.5 Å². The molecule has 0 unspecified atom stereocenters. The summed E-state index contributed by atoms with van der Waals surface area (Å²) >= 11 is 0. The summed E-state index contributed by atoms with van der Waals surface area (Å²) in [6, 6.07) is 10.1. The van der Waals surface area contributed by atoms with Crippen molar-refractivity contribution in [3.05, 3.63) is 48.9 Å². The van der Waals surface area contributed by atoms with Crippen LogP contribution in [0.1, 0.15) is 5.56 Å². The monoisotopic (exact) mass is 254 g/mol. The van der Waals surface area contributed by atoms with E-state index in [0.29, 0.717) is 0 Å². The van der Waals surface area contributed by atoms with Gasteiger partial charge in [0.15, 0.2) is 0 Å². The van der Waals surface area contributed by atoms with Crippen molar-refractivity contribution >= 4 is 6.08 Å². The third-order valence-corrected chi connectivity index (χ3v) is 1.11. The maximum atomic E-state index is 3.60.